The van der Waals surface area contributed by atoms with Crippen molar-refractivity contribution in [2.45, 2.75) is 71.2 Å². The minimum Gasteiger partial charge on any atom is -0.461 e. The van der Waals surface area contributed by atoms with Crippen LogP contribution in [0.5, 0.6) is 0 Å². The second kappa shape index (κ2) is 11.2. The number of anilines is 1. The second-order valence-electron chi connectivity index (χ2n) is 8.49. The summed E-state index contributed by atoms with van der Waals surface area (Å²) in [7, 11) is -3.51. The number of H-pyrrole nitrogens is 1. The summed E-state index contributed by atoms with van der Waals surface area (Å²) in [4.78, 5) is 46.6. The lowest BCUT2D eigenvalue weighted by atomic mass is 10.3. The van der Waals surface area contributed by atoms with Crippen LogP contribution >= 0.6 is 7.44 Å². The highest BCUT2D eigenvalue weighted by atomic mass is 31.2. The van der Waals surface area contributed by atoms with Gasteiger partial charge in [0.25, 0.3) is 5.56 Å². The fourth-order valence-corrected chi connectivity index (χ4v) is 5.79. The van der Waals surface area contributed by atoms with Crippen LogP contribution in [0.3, 0.4) is 0 Å². The van der Waals surface area contributed by atoms with Crippen molar-refractivity contribution in [1.29, 1.82) is 0 Å². The number of hydrogen-bond acceptors (Lipinski definition) is 9. The van der Waals surface area contributed by atoms with Gasteiger partial charge in [0.1, 0.15) is 24.3 Å². The number of aromatic nitrogens is 4. The van der Waals surface area contributed by atoms with Gasteiger partial charge in [-0.3, -0.25) is 23.9 Å². The molecule has 13 nitrogen and oxygen atoms in total. The molecular weight excluding hydrogens is 465 g/mol. The van der Waals surface area contributed by atoms with Crippen LogP contribution in [-0.2, 0) is 30.2 Å². The number of nitrogens with one attached hydrogen (secondary N) is 3. The van der Waals surface area contributed by atoms with Crippen LogP contribution in [-0.4, -0.2) is 62.4 Å². The van der Waals surface area contributed by atoms with Gasteiger partial charge in [0.05, 0.1) is 19.0 Å². The van der Waals surface area contributed by atoms with E-state index in [4.69, 9.17) is 15.2 Å². The minimum absolute atomic E-state index is 0.0326. The Balaban J connectivity index is 1.61. The molecule has 2 aromatic heterocycles. The first-order chi connectivity index (χ1) is 16.1. The number of carbonyl (C=O) groups is 2. The Morgan fingerprint density at radius 3 is 2.65 bits per heavy atom. The quantitative estimate of drug-likeness (QED) is 0.186. The number of ether oxygens (including phenoxy) is 2. The average Bonchev–Trinajstić information content (AvgIpc) is 3.41. The number of carbonyl (C=O) groups excluding carboxylic acids is 2. The molecule has 1 unspecified atom stereocenters. The van der Waals surface area contributed by atoms with Crippen LogP contribution in [0.4, 0.5) is 5.95 Å². The van der Waals surface area contributed by atoms with Crippen LogP contribution in [0.1, 0.15) is 46.5 Å². The van der Waals surface area contributed by atoms with E-state index in [1.54, 1.807) is 18.4 Å². The Hall–Kier alpha value is -2.60. The number of esters is 1. The summed E-state index contributed by atoms with van der Waals surface area (Å²) in [6, 6.07) is -1.57. The SMILES string of the molecule is CC(=O)[C@H](C)NP(=O)(COCCn1cnc2c(=O)[nH]c(N)nc21)N[C@H](C)C(=O)OC1CCCC1. The molecule has 5 N–H and O–H groups in total. The van der Waals surface area contributed by atoms with E-state index in [9.17, 15) is 18.9 Å². The zero-order chi connectivity index (χ0) is 24.9. The van der Waals surface area contributed by atoms with E-state index >= 15 is 0 Å². The molecule has 3 rings (SSSR count). The van der Waals surface area contributed by atoms with Crippen LogP contribution in [0.15, 0.2) is 11.1 Å². The third-order valence-corrected chi connectivity index (χ3v) is 7.75. The Kier molecular flexibility index (Phi) is 8.58. The number of imidazole rings is 1. The molecular formula is C20H32N7O6P. The smallest absolute Gasteiger partial charge is 0.323 e. The Morgan fingerprint density at radius 1 is 1.29 bits per heavy atom. The van der Waals surface area contributed by atoms with Gasteiger partial charge >= 0.3 is 5.97 Å². The number of nitrogens with two attached hydrogens (primary N) is 1. The molecule has 3 atom stereocenters. The van der Waals surface area contributed by atoms with E-state index in [0.29, 0.717) is 5.65 Å². The number of nitrogens with zero attached hydrogens (tertiary/aromatic N) is 3. The first-order valence-electron chi connectivity index (χ1n) is 11.2. The molecule has 0 amide bonds. The number of rotatable bonds is 12. The molecule has 1 aliphatic rings. The van der Waals surface area contributed by atoms with Crippen LogP contribution in [0.25, 0.3) is 11.2 Å². The van der Waals surface area contributed by atoms with Gasteiger partial charge in [0.2, 0.25) is 13.4 Å². The van der Waals surface area contributed by atoms with Crippen molar-refractivity contribution in [2.24, 2.45) is 0 Å². The molecule has 1 aliphatic carbocycles. The Bertz CT molecular complexity index is 1130. The molecule has 0 aliphatic heterocycles. The van der Waals surface area contributed by atoms with Gasteiger partial charge in [-0.05, 0) is 46.5 Å². The van der Waals surface area contributed by atoms with Crippen molar-refractivity contribution < 1.29 is 23.6 Å². The second-order valence-corrected chi connectivity index (χ2v) is 10.7. The van der Waals surface area contributed by atoms with Gasteiger partial charge in [-0.25, -0.2) is 15.2 Å². The van der Waals surface area contributed by atoms with E-state index in [-0.39, 0.29) is 42.9 Å². The predicted molar refractivity (Wildman–Crippen MR) is 125 cm³/mol. The molecule has 2 aromatic rings. The average molecular weight is 497 g/mol. The topological polar surface area (TPSA) is 183 Å². The van der Waals surface area contributed by atoms with Gasteiger partial charge in [-0.2, -0.15) is 4.98 Å². The lowest BCUT2D eigenvalue weighted by Gasteiger charge is -2.26. The van der Waals surface area contributed by atoms with Crippen molar-refractivity contribution >= 4 is 36.3 Å². The lowest BCUT2D eigenvalue weighted by Crippen LogP contribution is -2.42. The number of ketones is 1. The van der Waals surface area contributed by atoms with Gasteiger partial charge in [-0.15, -0.1) is 0 Å². The monoisotopic (exact) mass is 497 g/mol. The maximum absolute atomic E-state index is 13.5. The molecule has 2 heterocycles. The molecule has 0 saturated heterocycles. The summed E-state index contributed by atoms with van der Waals surface area (Å²) in [5.41, 5.74) is 5.60. The van der Waals surface area contributed by atoms with E-state index < -0.39 is 31.1 Å². The van der Waals surface area contributed by atoms with Gasteiger partial charge < -0.3 is 19.8 Å². The zero-order valence-electron chi connectivity index (χ0n) is 19.6. The number of nitrogen functional groups attached to an aromatic ring is 1. The predicted octanol–water partition coefficient (Wildman–Crippen LogP) is 0.900. The molecule has 188 valence electrons. The third-order valence-electron chi connectivity index (χ3n) is 5.60. The first kappa shape index (κ1) is 26.0. The first-order valence-corrected chi connectivity index (χ1v) is 13.1. The Morgan fingerprint density at radius 2 is 1.97 bits per heavy atom. The van der Waals surface area contributed by atoms with Crippen LogP contribution in [0, 0.1) is 0 Å². The molecule has 0 aromatic carbocycles. The summed E-state index contributed by atoms with van der Waals surface area (Å²) < 4.78 is 26.3. The molecule has 14 heteroatoms. The van der Waals surface area contributed by atoms with E-state index in [1.165, 1.54) is 13.3 Å². The highest BCUT2D eigenvalue weighted by Crippen LogP contribution is 2.37. The fraction of sp³-hybridized carbons (Fsp3) is 0.650. The largest absolute Gasteiger partial charge is 0.461 e. The highest BCUT2D eigenvalue weighted by molar-refractivity contribution is 7.59. The van der Waals surface area contributed by atoms with Crippen LogP contribution < -0.4 is 21.5 Å². The maximum Gasteiger partial charge on any atom is 0.323 e. The Labute approximate surface area is 196 Å². The molecule has 1 saturated carbocycles. The molecule has 0 spiro atoms. The fourth-order valence-electron chi connectivity index (χ4n) is 3.64. The standard InChI is InChI=1S/C20H32N7O6P/c1-12(14(3)28)25-34(31,26-13(2)19(30)33-15-6-4-5-7-15)11-32-9-8-27-10-22-16-17(27)23-20(21)24-18(16)29/h10,12-13,15H,4-9,11H2,1-3H3,(H2,25,26,31)(H3,21,23,24,29)/t12-,13+,34?/m0/s1. The lowest BCUT2D eigenvalue weighted by molar-refractivity contribution is -0.150. The summed E-state index contributed by atoms with van der Waals surface area (Å²) >= 11 is 0. The summed E-state index contributed by atoms with van der Waals surface area (Å²) in [6.07, 6.45) is 4.73. The maximum atomic E-state index is 13.5. The molecule has 1 fully saturated rings. The minimum atomic E-state index is -3.51. The van der Waals surface area contributed by atoms with Gasteiger partial charge in [-0.1, -0.05) is 0 Å². The van der Waals surface area contributed by atoms with Crippen molar-refractivity contribution in [3.8, 4) is 0 Å². The third kappa shape index (κ3) is 6.72. The number of fused-ring (bicyclic) bond motifs is 1. The van der Waals surface area contributed by atoms with E-state index in [1.807, 2.05) is 0 Å². The summed E-state index contributed by atoms with van der Waals surface area (Å²) in [5.74, 6) is -0.736. The zero-order valence-corrected chi connectivity index (χ0v) is 20.5. The number of aromatic amines is 1. The highest BCUT2D eigenvalue weighted by Gasteiger charge is 2.32. The normalized spacial score (nSPS) is 18.0. The van der Waals surface area contributed by atoms with Crippen molar-refractivity contribution in [1.82, 2.24) is 29.7 Å². The van der Waals surface area contributed by atoms with Crippen molar-refractivity contribution in [3.63, 3.8) is 0 Å². The van der Waals surface area contributed by atoms with Crippen molar-refractivity contribution in [2.75, 3.05) is 18.7 Å². The summed E-state index contributed by atoms with van der Waals surface area (Å²) in [5, 5.41) is 5.57. The van der Waals surface area contributed by atoms with Gasteiger partial charge in [0.15, 0.2) is 11.2 Å². The molecule has 0 bridgehead atoms. The number of hydrogen-bond donors (Lipinski definition) is 4. The molecule has 34 heavy (non-hydrogen) atoms. The van der Waals surface area contributed by atoms with Crippen molar-refractivity contribution in [3.05, 3.63) is 16.7 Å². The number of Topliss-reactive ketones (excluding diaryl/α,β-unsaturated/α-hetero) is 1. The molecule has 0 radical (unpaired) electrons. The van der Waals surface area contributed by atoms with Gasteiger partial charge in [0, 0.05) is 6.54 Å². The summed E-state index contributed by atoms with van der Waals surface area (Å²) in [6.45, 7) is 4.89. The van der Waals surface area contributed by atoms with Crippen LogP contribution in [0.2, 0.25) is 0 Å². The van der Waals surface area contributed by atoms with E-state index in [2.05, 4.69) is 25.1 Å². The van der Waals surface area contributed by atoms with E-state index in [0.717, 1.165) is 25.7 Å².